The summed E-state index contributed by atoms with van der Waals surface area (Å²) in [7, 11) is -1.33. The Hall–Kier alpha value is -1.20. The van der Waals surface area contributed by atoms with Crippen molar-refractivity contribution in [3.63, 3.8) is 0 Å². The molecule has 1 heterocycles. The lowest BCUT2D eigenvalue weighted by Gasteiger charge is -2.28. The number of halogens is 1. The predicted molar refractivity (Wildman–Crippen MR) is 91.7 cm³/mol. The highest BCUT2D eigenvalue weighted by molar-refractivity contribution is 7.85. The molecule has 1 unspecified atom stereocenters. The van der Waals surface area contributed by atoms with Crippen LogP contribution in [0.25, 0.3) is 0 Å². The van der Waals surface area contributed by atoms with Gasteiger partial charge in [0.15, 0.2) is 0 Å². The lowest BCUT2D eigenvalue weighted by molar-refractivity contribution is -0.131. The van der Waals surface area contributed by atoms with Crippen molar-refractivity contribution in [3.05, 3.63) is 33.8 Å². The summed E-state index contributed by atoms with van der Waals surface area (Å²) in [6.07, 6.45) is 1.92. The standard InChI is InChI=1S/C16H21ClN2O2S/c1-5-19-10-12-7-13(17)6-11(14(12)8-15(19)20)9-18-22(21)16(2,3)4/h6-7,9H,5,8,10H2,1-4H3/b18-9+. The molecule has 22 heavy (non-hydrogen) atoms. The molecular formula is C16H21ClN2O2S. The summed E-state index contributed by atoms with van der Waals surface area (Å²) in [4.78, 5) is 13.9. The van der Waals surface area contributed by atoms with Crippen LogP contribution >= 0.6 is 11.6 Å². The van der Waals surface area contributed by atoms with Gasteiger partial charge in [0.1, 0.15) is 11.0 Å². The fraction of sp³-hybridized carbons (Fsp3) is 0.500. The Balaban J connectivity index is 2.38. The van der Waals surface area contributed by atoms with E-state index < -0.39 is 15.7 Å². The number of carbonyl (C=O) groups is 1. The lowest BCUT2D eigenvalue weighted by Crippen LogP contribution is -2.36. The second-order valence-electron chi connectivity index (χ2n) is 6.31. The van der Waals surface area contributed by atoms with E-state index in [1.165, 1.54) is 0 Å². The molecule has 2 rings (SSSR count). The average molecular weight is 341 g/mol. The molecule has 1 aromatic rings. The summed E-state index contributed by atoms with van der Waals surface area (Å²) >= 11 is 6.17. The average Bonchev–Trinajstić information content (AvgIpc) is 2.43. The maximum Gasteiger partial charge on any atom is 0.227 e. The minimum Gasteiger partial charge on any atom is -0.338 e. The second kappa shape index (κ2) is 6.50. The number of benzene rings is 1. The van der Waals surface area contributed by atoms with Gasteiger partial charge in [-0.05, 0) is 56.5 Å². The largest absolute Gasteiger partial charge is 0.338 e. The van der Waals surface area contributed by atoms with Crippen LogP contribution in [0.3, 0.4) is 0 Å². The van der Waals surface area contributed by atoms with E-state index in [2.05, 4.69) is 4.40 Å². The van der Waals surface area contributed by atoms with E-state index in [9.17, 15) is 9.00 Å². The first-order valence-corrected chi connectivity index (χ1v) is 8.76. The van der Waals surface area contributed by atoms with Crippen LogP contribution in [0.4, 0.5) is 0 Å². The van der Waals surface area contributed by atoms with Crippen molar-refractivity contribution in [2.75, 3.05) is 6.54 Å². The Labute approximate surface area is 139 Å². The molecule has 1 amide bonds. The molecule has 1 aromatic carbocycles. The Morgan fingerprint density at radius 2 is 2.09 bits per heavy atom. The minimum absolute atomic E-state index is 0.101. The van der Waals surface area contributed by atoms with Gasteiger partial charge in [-0.2, -0.15) is 4.40 Å². The number of hydrogen-bond donors (Lipinski definition) is 0. The molecule has 6 heteroatoms. The van der Waals surface area contributed by atoms with Crippen molar-refractivity contribution < 1.29 is 9.00 Å². The molecule has 0 bridgehead atoms. The van der Waals surface area contributed by atoms with Crippen molar-refractivity contribution >= 4 is 34.7 Å². The summed E-state index contributed by atoms with van der Waals surface area (Å²) in [5.74, 6) is 0.101. The lowest BCUT2D eigenvalue weighted by atomic mass is 9.94. The smallest absolute Gasteiger partial charge is 0.227 e. The molecule has 1 aliphatic rings. The van der Waals surface area contributed by atoms with Gasteiger partial charge in [-0.25, -0.2) is 4.21 Å². The molecule has 0 spiro atoms. The van der Waals surface area contributed by atoms with Crippen molar-refractivity contribution in [2.45, 2.75) is 45.4 Å². The van der Waals surface area contributed by atoms with Gasteiger partial charge in [0.25, 0.3) is 0 Å². The zero-order valence-electron chi connectivity index (χ0n) is 13.4. The molecule has 4 nitrogen and oxygen atoms in total. The number of amides is 1. The van der Waals surface area contributed by atoms with Crippen molar-refractivity contribution in [3.8, 4) is 0 Å². The Kier molecular flexibility index (Phi) is 5.07. The van der Waals surface area contributed by atoms with Gasteiger partial charge in [-0.3, -0.25) is 4.79 Å². The molecular weight excluding hydrogens is 320 g/mol. The zero-order valence-corrected chi connectivity index (χ0v) is 14.9. The molecule has 0 saturated heterocycles. The first-order chi connectivity index (χ1) is 10.2. The molecule has 0 aliphatic carbocycles. The molecule has 0 fully saturated rings. The van der Waals surface area contributed by atoms with Gasteiger partial charge in [0.05, 0.1) is 11.2 Å². The molecule has 0 radical (unpaired) electrons. The van der Waals surface area contributed by atoms with Crippen LogP contribution in [-0.2, 0) is 28.7 Å². The molecule has 1 atom stereocenters. The molecule has 1 aliphatic heterocycles. The first-order valence-electron chi connectivity index (χ1n) is 7.27. The van der Waals surface area contributed by atoms with E-state index in [0.29, 0.717) is 24.5 Å². The summed E-state index contributed by atoms with van der Waals surface area (Å²) in [5, 5.41) is 0.604. The Morgan fingerprint density at radius 1 is 1.41 bits per heavy atom. The monoisotopic (exact) mass is 340 g/mol. The summed E-state index contributed by atoms with van der Waals surface area (Å²) in [6.45, 7) is 8.82. The highest BCUT2D eigenvalue weighted by Crippen LogP contribution is 2.26. The van der Waals surface area contributed by atoms with Crippen LogP contribution in [-0.4, -0.2) is 32.5 Å². The van der Waals surface area contributed by atoms with E-state index in [4.69, 9.17) is 11.6 Å². The third kappa shape index (κ3) is 3.76. The van der Waals surface area contributed by atoms with Crippen LogP contribution in [0, 0.1) is 0 Å². The van der Waals surface area contributed by atoms with E-state index in [0.717, 1.165) is 16.7 Å². The predicted octanol–water partition coefficient (Wildman–Crippen LogP) is 3.13. The maximum absolute atomic E-state index is 12.1. The molecule has 120 valence electrons. The highest BCUT2D eigenvalue weighted by Gasteiger charge is 2.24. The number of nitrogens with zero attached hydrogens (tertiary/aromatic N) is 2. The fourth-order valence-electron chi connectivity index (χ4n) is 2.30. The third-order valence-electron chi connectivity index (χ3n) is 3.58. The van der Waals surface area contributed by atoms with Crippen LogP contribution < -0.4 is 0 Å². The van der Waals surface area contributed by atoms with Crippen LogP contribution in [0.15, 0.2) is 16.5 Å². The Bertz CT molecular complexity index is 650. The Morgan fingerprint density at radius 3 is 2.68 bits per heavy atom. The van der Waals surface area contributed by atoms with E-state index in [1.54, 1.807) is 17.2 Å². The van der Waals surface area contributed by atoms with E-state index >= 15 is 0 Å². The summed E-state index contributed by atoms with van der Waals surface area (Å²) < 4.78 is 15.8. The number of carbonyl (C=O) groups excluding carboxylic acids is 1. The highest BCUT2D eigenvalue weighted by atomic mass is 35.5. The van der Waals surface area contributed by atoms with Crippen LogP contribution in [0.2, 0.25) is 5.02 Å². The first kappa shape index (κ1) is 17.2. The van der Waals surface area contributed by atoms with Gasteiger partial charge in [0.2, 0.25) is 5.91 Å². The molecule has 0 aromatic heterocycles. The van der Waals surface area contributed by atoms with E-state index in [-0.39, 0.29) is 5.91 Å². The SMILES string of the molecule is CCN1Cc2cc(Cl)cc(/C=N/S(=O)C(C)(C)C)c2CC1=O. The maximum atomic E-state index is 12.1. The second-order valence-corrected chi connectivity index (χ2v) is 8.68. The number of likely N-dealkylation sites (N-methyl/N-ethyl adjacent to an activating group) is 1. The summed E-state index contributed by atoms with van der Waals surface area (Å²) in [6, 6.07) is 3.67. The number of rotatable bonds is 3. The van der Waals surface area contributed by atoms with Gasteiger partial charge in [-0.1, -0.05) is 11.6 Å². The normalized spacial score (nSPS) is 17.0. The van der Waals surface area contributed by atoms with E-state index in [1.807, 2.05) is 33.8 Å². The molecule has 0 saturated carbocycles. The fourth-order valence-corrected chi connectivity index (χ4v) is 3.07. The van der Waals surface area contributed by atoms with Gasteiger partial charge in [0, 0.05) is 24.3 Å². The van der Waals surface area contributed by atoms with Gasteiger partial charge < -0.3 is 4.90 Å². The summed E-state index contributed by atoms with van der Waals surface area (Å²) in [5.41, 5.74) is 2.76. The van der Waals surface area contributed by atoms with Crippen molar-refractivity contribution in [1.29, 1.82) is 0 Å². The van der Waals surface area contributed by atoms with Gasteiger partial charge in [-0.15, -0.1) is 0 Å². The van der Waals surface area contributed by atoms with Crippen LogP contribution in [0.5, 0.6) is 0 Å². The van der Waals surface area contributed by atoms with Gasteiger partial charge >= 0.3 is 0 Å². The van der Waals surface area contributed by atoms with Crippen LogP contribution in [0.1, 0.15) is 44.4 Å². The van der Waals surface area contributed by atoms with Crippen molar-refractivity contribution in [2.24, 2.45) is 4.40 Å². The number of hydrogen-bond acceptors (Lipinski definition) is 2. The zero-order chi connectivity index (χ0) is 16.5. The quantitative estimate of drug-likeness (QED) is 0.794. The van der Waals surface area contributed by atoms with Crippen molar-refractivity contribution in [1.82, 2.24) is 4.90 Å². The third-order valence-corrected chi connectivity index (χ3v) is 5.14. The molecule has 0 N–H and O–H groups in total. The minimum atomic E-state index is -1.33. The topological polar surface area (TPSA) is 49.7 Å². The number of fused-ring (bicyclic) bond motifs is 1.